The van der Waals surface area contributed by atoms with Gasteiger partial charge >= 0.3 is 0 Å². The van der Waals surface area contributed by atoms with Crippen LogP contribution < -0.4 is 9.47 Å². The summed E-state index contributed by atoms with van der Waals surface area (Å²) >= 11 is 1.80. The molecule has 0 aliphatic carbocycles. The van der Waals surface area contributed by atoms with Crippen molar-refractivity contribution in [2.75, 3.05) is 26.5 Å². The fraction of sp³-hybridized carbons (Fsp3) is 0.562. The van der Waals surface area contributed by atoms with Crippen LogP contribution in [0.1, 0.15) is 24.0 Å². The highest BCUT2D eigenvalue weighted by Gasteiger charge is 2.30. The highest BCUT2D eigenvalue weighted by molar-refractivity contribution is 8.00. The highest BCUT2D eigenvalue weighted by atomic mass is 32.2. The maximum absolute atomic E-state index is 12.5. The van der Waals surface area contributed by atoms with Gasteiger partial charge in [0.15, 0.2) is 11.5 Å². The summed E-state index contributed by atoms with van der Waals surface area (Å²) in [5.41, 5.74) is 2.44. The molecule has 21 heavy (non-hydrogen) atoms. The second kappa shape index (κ2) is 6.18. The third-order valence-corrected chi connectivity index (χ3v) is 5.60. The Labute approximate surface area is 129 Å². The first kappa shape index (κ1) is 14.6. The number of amides is 1. The number of thioether (sulfide) groups is 1. The van der Waals surface area contributed by atoms with Gasteiger partial charge in [0, 0.05) is 13.1 Å². The van der Waals surface area contributed by atoms with Gasteiger partial charge < -0.3 is 14.4 Å². The summed E-state index contributed by atoms with van der Waals surface area (Å²) in [5, 5.41) is 0.173. The fourth-order valence-corrected chi connectivity index (χ4v) is 4.29. The number of hydrogen-bond donors (Lipinski definition) is 0. The maximum atomic E-state index is 12.5. The van der Waals surface area contributed by atoms with Gasteiger partial charge in [0.1, 0.15) is 0 Å². The molecule has 1 saturated heterocycles. The molecule has 1 aromatic rings. The Hall–Kier alpha value is -1.36. The quantitative estimate of drug-likeness (QED) is 0.860. The van der Waals surface area contributed by atoms with E-state index in [-0.39, 0.29) is 5.25 Å². The number of nitrogens with zero attached hydrogens (tertiary/aromatic N) is 1. The van der Waals surface area contributed by atoms with Gasteiger partial charge in [0.25, 0.3) is 0 Å². The van der Waals surface area contributed by atoms with E-state index in [0.29, 0.717) is 12.5 Å². The van der Waals surface area contributed by atoms with Crippen molar-refractivity contribution in [3.63, 3.8) is 0 Å². The van der Waals surface area contributed by atoms with Gasteiger partial charge in [0.05, 0.1) is 19.5 Å². The SMILES string of the molecule is COc1cc2c(cc1OC)CN(C(=O)C1CCCS1)CC2. The van der Waals surface area contributed by atoms with Crippen LogP contribution in [0.3, 0.4) is 0 Å². The summed E-state index contributed by atoms with van der Waals surface area (Å²) in [5.74, 6) is 2.92. The van der Waals surface area contributed by atoms with E-state index >= 15 is 0 Å². The zero-order chi connectivity index (χ0) is 14.8. The Balaban J connectivity index is 1.79. The zero-order valence-electron chi connectivity index (χ0n) is 12.6. The molecule has 0 bridgehead atoms. The van der Waals surface area contributed by atoms with Crippen molar-refractivity contribution >= 4 is 17.7 Å². The van der Waals surface area contributed by atoms with E-state index in [1.165, 1.54) is 11.1 Å². The molecule has 3 rings (SSSR count). The molecule has 114 valence electrons. The summed E-state index contributed by atoms with van der Waals surface area (Å²) in [6, 6.07) is 4.05. The van der Waals surface area contributed by atoms with Crippen molar-refractivity contribution in [3.05, 3.63) is 23.3 Å². The van der Waals surface area contributed by atoms with Crippen LogP contribution in [0.25, 0.3) is 0 Å². The Morgan fingerprint density at radius 3 is 2.57 bits per heavy atom. The first-order valence-electron chi connectivity index (χ1n) is 7.37. The molecule has 0 aromatic heterocycles. The smallest absolute Gasteiger partial charge is 0.235 e. The predicted octanol–water partition coefficient (Wildman–Crippen LogP) is 2.48. The molecular formula is C16H21NO3S. The molecule has 0 spiro atoms. The highest BCUT2D eigenvalue weighted by Crippen LogP contribution is 2.34. The lowest BCUT2D eigenvalue weighted by molar-refractivity contribution is -0.131. The third-order valence-electron chi connectivity index (χ3n) is 4.23. The van der Waals surface area contributed by atoms with Crippen LogP contribution >= 0.6 is 11.8 Å². The standard InChI is InChI=1S/C16H21NO3S/c1-19-13-8-11-5-6-17(10-12(11)9-14(13)20-2)16(18)15-4-3-7-21-15/h8-9,15H,3-7,10H2,1-2H3. The molecule has 1 aromatic carbocycles. The lowest BCUT2D eigenvalue weighted by atomic mass is 9.98. The van der Waals surface area contributed by atoms with Gasteiger partial charge in [-0.1, -0.05) is 0 Å². The van der Waals surface area contributed by atoms with Gasteiger partial charge in [-0.25, -0.2) is 0 Å². The van der Waals surface area contributed by atoms with E-state index in [1.54, 1.807) is 26.0 Å². The number of rotatable bonds is 3. The summed E-state index contributed by atoms with van der Waals surface area (Å²) in [6.07, 6.45) is 3.08. The zero-order valence-corrected chi connectivity index (χ0v) is 13.4. The first-order valence-corrected chi connectivity index (χ1v) is 8.42. The molecule has 0 radical (unpaired) electrons. The average Bonchev–Trinajstić information content (AvgIpc) is 3.06. The molecule has 2 heterocycles. The number of carbonyl (C=O) groups is 1. The molecule has 4 nitrogen and oxygen atoms in total. The van der Waals surface area contributed by atoms with Crippen molar-refractivity contribution in [1.82, 2.24) is 4.90 Å². The normalized spacial score (nSPS) is 21.0. The van der Waals surface area contributed by atoms with Crippen molar-refractivity contribution in [1.29, 1.82) is 0 Å². The molecular weight excluding hydrogens is 286 g/mol. The van der Waals surface area contributed by atoms with Crippen molar-refractivity contribution in [2.24, 2.45) is 0 Å². The average molecular weight is 307 g/mol. The Bertz CT molecular complexity index is 541. The lowest BCUT2D eigenvalue weighted by Gasteiger charge is -2.31. The first-order chi connectivity index (χ1) is 10.2. The minimum atomic E-state index is 0.173. The van der Waals surface area contributed by atoms with Gasteiger partial charge in [-0.15, -0.1) is 11.8 Å². The molecule has 5 heteroatoms. The van der Waals surface area contributed by atoms with E-state index in [9.17, 15) is 4.79 Å². The summed E-state index contributed by atoms with van der Waals surface area (Å²) in [6.45, 7) is 1.49. The van der Waals surface area contributed by atoms with E-state index < -0.39 is 0 Å². The number of fused-ring (bicyclic) bond motifs is 1. The maximum Gasteiger partial charge on any atom is 0.235 e. The number of carbonyl (C=O) groups excluding carboxylic acids is 1. The van der Waals surface area contributed by atoms with Crippen LogP contribution in [0.4, 0.5) is 0 Å². The van der Waals surface area contributed by atoms with Crippen molar-refractivity contribution in [2.45, 2.75) is 31.1 Å². The van der Waals surface area contributed by atoms with Gasteiger partial charge in [-0.2, -0.15) is 0 Å². The molecule has 1 unspecified atom stereocenters. The van der Waals surface area contributed by atoms with Crippen LogP contribution in [0.5, 0.6) is 11.5 Å². The van der Waals surface area contributed by atoms with Crippen LogP contribution in [0.2, 0.25) is 0 Å². The number of methoxy groups -OCH3 is 2. The number of hydrogen-bond acceptors (Lipinski definition) is 4. The van der Waals surface area contributed by atoms with Gasteiger partial charge in [-0.05, 0) is 48.3 Å². The Kier molecular flexibility index (Phi) is 4.29. The molecule has 0 N–H and O–H groups in total. The summed E-state index contributed by atoms with van der Waals surface area (Å²) in [7, 11) is 3.30. The Morgan fingerprint density at radius 1 is 1.24 bits per heavy atom. The number of benzene rings is 1. The van der Waals surface area contributed by atoms with Crippen LogP contribution in [-0.2, 0) is 17.8 Å². The monoisotopic (exact) mass is 307 g/mol. The minimum Gasteiger partial charge on any atom is -0.493 e. The molecule has 0 saturated carbocycles. The van der Waals surface area contributed by atoms with E-state index in [1.807, 2.05) is 17.0 Å². The van der Waals surface area contributed by atoms with Crippen LogP contribution in [0.15, 0.2) is 12.1 Å². The molecule has 2 aliphatic rings. The van der Waals surface area contributed by atoms with Gasteiger partial charge in [-0.3, -0.25) is 4.79 Å². The topological polar surface area (TPSA) is 38.8 Å². The molecule has 1 fully saturated rings. The van der Waals surface area contributed by atoms with Gasteiger partial charge in [0.2, 0.25) is 5.91 Å². The van der Waals surface area contributed by atoms with Crippen LogP contribution in [0, 0.1) is 0 Å². The molecule has 1 atom stereocenters. The predicted molar refractivity (Wildman–Crippen MR) is 84.1 cm³/mol. The third kappa shape index (κ3) is 2.84. The van der Waals surface area contributed by atoms with E-state index in [0.717, 1.165) is 43.1 Å². The second-order valence-corrected chi connectivity index (χ2v) is 6.80. The summed E-state index contributed by atoms with van der Waals surface area (Å²) in [4.78, 5) is 14.5. The van der Waals surface area contributed by atoms with E-state index in [4.69, 9.17) is 9.47 Å². The van der Waals surface area contributed by atoms with Crippen molar-refractivity contribution in [3.8, 4) is 11.5 Å². The minimum absolute atomic E-state index is 0.173. The largest absolute Gasteiger partial charge is 0.493 e. The van der Waals surface area contributed by atoms with E-state index in [2.05, 4.69) is 0 Å². The second-order valence-electron chi connectivity index (χ2n) is 5.49. The van der Waals surface area contributed by atoms with Crippen LogP contribution in [-0.4, -0.2) is 42.6 Å². The lowest BCUT2D eigenvalue weighted by Crippen LogP contribution is -2.40. The number of ether oxygens (including phenoxy) is 2. The summed E-state index contributed by atoms with van der Waals surface area (Å²) < 4.78 is 10.7. The van der Waals surface area contributed by atoms with Crippen molar-refractivity contribution < 1.29 is 14.3 Å². The molecule has 1 amide bonds. The fourth-order valence-electron chi connectivity index (χ4n) is 3.05. The Morgan fingerprint density at radius 2 is 1.95 bits per heavy atom. The molecule has 2 aliphatic heterocycles.